The average Bonchev–Trinajstić information content (AvgIpc) is 2.82. The van der Waals surface area contributed by atoms with Gasteiger partial charge < -0.3 is 10.6 Å². The van der Waals surface area contributed by atoms with Crippen LogP contribution in [0.3, 0.4) is 0 Å². The van der Waals surface area contributed by atoms with Crippen LogP contribution in [-0.2, 0) is 0 Å². The third-order valence-corrected chi connectivity index (χ3v) is 4.28. The van der Waals surface area contributed by atoms with Gasteiger partial charge in [0.2, 0.25) is 0 Å². The molecule has 2 aliphatic rings. The van der Waals surface area contributed by atoms with Gasteiger partial charge in [-0.15, -0.1) is 0 Å². The number of anilines is 1. The molecule has 2 unspecified atom stereocenters. The van der Waals surface area contributed by atoms with E-state index in [2.05, 4.69) is 4.98 Å². The predicted molar refractivity (Wildman–Crippen MR) is 70.0 cm³/mol. The Bertz CT molecular complexity index is 443. The van der Waals surface area contributed by atoms with Gasteiger partial charge in [-0.25, -0.2) is 4.98 Å². The van der Waals surface area contributed by atoms with Crippen LogP contribution in [0.4, 0.5) is 5.69 Å². The Morgan fingerprint density at radius 3 is 2.89 bits per heavy atom. The number of nitrogens with two attached hydrogens (primary N) is 1. The van der Waals surface area contributed by atoms with Gasteiger partial charge >= 0.3 is 0 Å². The van der Waals surface area contributed by atoms with Crippen LogP contribution in [0.2, 0.25) is 0 Å². The average molecular weight is 245 g/mol. The molecule has 0 radical (unpaired) electrons. The fourth-order valence-electron chi connectivity index (χ4n) is 3.34. The van der Waals surface area contributed by atoms with E-state index in [9.17, 15) is 4.79 Å². The van der Waals surface area contributed by atoms with Crippen molar-refractivity contribution in [1.82, 2.24) is 9.88 Å². The van der Waals surface area contributed by atoms with Gasteiger partial charge in [-0.2, -0.15) is 0 Å². The van der Waals surface area contributed by atoms with E-state index in [-0.39, 0.29) is 5.91 Å². The minimum absolute atomic E-state index is 0.0735. The van der Waals surface area contributed by atoms with Crippen molar-refractivity contribution in [1.29, 1.82) is 0 Å². The summed E-state index contributed by atoms with van der Waals surface area (Å²) in [5.41, 5.74) is 6.72. The van der Waals surface area contributed by atoms with Crippen LogP contribution in [0, 0.1) is 5.92 Å². The molecule has 0 bridgehead atoms. The number of likely N-dealkylation sites (tertiary alicyclic amines) is 1. The molecule has 3 rings (SSSR count). The largest absolute Gasteiger partial charge is 0.397 e. The second-order valence-electron chi connectivity index (χ2n) is 5.38. The number of hydrogen-bond donors (Lipinski definition) is 1. The van der Waals surface area contributed by atoms with Crippen LogP contribution in [-0.4, -0.2) is 28.4 Å². The lowest BCUT2D eigenvalue weighted by atomic mass is 9.85. The summed E-state index contributed by atoms with van der Waals surface area (Å²) in [6.45, 7) is 0.889. The summed E-state index contributed by atoms with van der Waals surface area (Å²) in [7, 11) is 0. The molecular weight excluding hydrogens is 226 g/mol. The number of hydrogen-bond acceptors (Lipinski definition) is 3. The Labute approximate surface area is 107 Å². The summed E-state index contributed by atoms with van der Waals surface area (Å²) in [6, 6.07) is 3.92. The zero-order valence-electron chi connectivity index (χ0n) is 10.5. The Morgan fingerprint density at radius 1 is 1.28 bits per heavy atom. The summed E-state index contributed by atoms with van der Waals surface area (Å²) >= 11 is 0. The monoisotopic (exact) mass is 245 g/mol. The van der Waals surface area contributed by atoms with Gasteiger partial charge in [0.1, 0.15) is 5.69 Å². The predicted octanol–water partition coefficient (Wildman–Crippen LogP) is 2.07. The number of pyridine rings is 1. The number of rotatable bonds is 1. The highest BCUT2D eigenvalue weighted by molar-refractivity contribution is 5.92. The molecule has 1 aromatic heterocycles. The third kappa shape index (κ3) is 1.96. The number of fused-ring (bicyclic) bond motifs is 1. The Morgan fingerprint density at radius 2 is 2.11 bits per heavy atom. The highest BCUT2D eigenvalue weighted by Crippen LogP contribution is 2.36. The molecule has 1 aromatic rings. The minimum Gasteiger partial charge on any atom is -0.397 e. The standard InChI is InChI=1S/C14H19N3O/c15-11-5-6-12(16-9-11)14(18)17-8-7-10-3-1-2-4-13(10)17/h5-6,9-10,13H,1-4,7-8,15H2. The van der Waals surface area contributed by atoms with Crippen molar-refractivity contribution in [3.63, 3.8) is 0 Å². The number of nitrogens with zero attached hydrogens (tertiary/aromatic N) is 2. The fourth-order valence-corrected chi connectivity index (χ4v) is 3.34. The first-order valence-corrected chi connectivity index (χ1v) is 6.78. The molecule has 0 spiro atoms. The van der Waals surface area contributed by atoms with Crippen LogP contribution in [0.5, 0.6) is 0 Å². The smallest absolute Gasteiger partial charge is 0.272 e. The van der Waals surface area contributed by atoms with Crippen molar-refractivity contribution >= 4 is 11.6 Å². The summed E-state index contributed by atoms with van der Waals surface area (Å²) in [6.07, 6.45) is 7.73. The quantitative estimate of drug-likeness (QED) is 0.824. The molecule has 2 fully saturated rings. The van der Waals surface area contributed by atoms with Gasteiger partial charge in [0.25, 0.3) is 5.91 Å². The second kappa shape index (κ2) is 4.59. The second-order valence-corrected chi connectivity index (χ2v) is 5.38. The van der Waals surface area contributed by atoms with Crippen LogP contribution in [0.25, 0.3) is 0 Å². The highest BCUT2D eigenvalue weighted by atomic mass is 16.2. The molecule has 1 saturated carbocycles. The van der Waals surface area contributed by atoms with Crippen LogP contribution >= 0.6 is 0 Å². The molecule has 1 saturated heterocycles. The maximum atomic E-state index is 12.4. The Kier molecular flexibility index (Phi) is 2.94. The molecule has 4 heteroatoms. The molecule has 96 valence electrons. The van der Waals surface area contributed by atoms with Crippen LogP contribution in [0.1, 0.15) is 42.6 Å². The number of carbonyl (C=O) groups excluding carboxylic acids is 1. The lowest BCUT2D eigenvalue weighted by molar-refractivity contribution is 0.0684. The van der Waals surface area contributed by atoms with Gasteiger partial charge in [0, 0.05) is 12.6 Å². The third-order valence-electron chi connectivity index (χ3n) is 4.28. The van der Waals surface area contributed by atoms with Gasteiger partial charge in [-0.1, -0.05) is 12.8 Å². The maximum Gasteiger partial charge on any atom is 0.272 e. The molecule has 2 atom stereocenters. The molecule has 1 aliphatic heterocycles. The number of amides is 1. The molecule has 2 heterocycles. The fraction of sp³-hybridized carbons (Fsp3) is 0.571. The van der Waals surface area contributed by atoms with Gasteiger partial charge in [-0.3, -0.25) is 4.79 Å². The van der Waals surface area contributed by atoms with Gasteiger partial charge in [0.05, 0.1) is 11.9 Å². The first-order valence-electron chi connectivity index (χ1n) is 6.78. The Balaban J connectivity index is 1.78. The SMILES string of the molecule is Nc1ccc(C(=O)N2CCC3CCCCC32)nc1. The lowest BCUT2D eigenvalue weighted by Crippen LogP contribution is -2.39. The molecule has 4 nitrogen and oxygen atoms in total. The number of aromatic nitrogens is 1. The van der Waals surface area contributed by atoms with E-state index >= 15 is 0 Å². The van der Waals surface area contributed by atoms with E-state index in [1.807, 2.05) is 4.90 Å². The molecule has 18 heavy (non-hydrogen) atoms. The van der Waals surface area contributed by atoms with Crippen LogP contribution < -0.4 is 5.73 Å². The summed E-state index contributed by atoms with van der Waals surface area (Å²) < 4.78 is 0. The topological polar surface area (TPSA) is 59.2 Å². The minimum atomic E-state index is 0.0735. The zero-order valence-corrected chi connectivity index (χ0v) is 10.5. The van der Waals surface area contributed by atoms with E-state index in [1.165, 1.54) is 19.3 Å². The molecular formula is C14H19N3O. The molecule has 1 aliphatic carbocycles. The summed E-state index contributed by atoms with van der Waals surface area (Å²) in [4.78, 5) is 18.6. The van der Waals surface area contributed by atoms with Crippen molar-refractivity contribution in [3.05, 3.63) is 24.0 Å². The van der Waals surface area contributed by atoms with Crippen molar-refractivity contribution in [2.75, 3.05) is 12.3 Å². The van der Waals surface area contributed by atoms with Crippen molar-refractivity contribution in [2.24, 2.45) is 5.92 Å². The van der Waals surface area contributed by atoms with Crippen molar-refractivity contribution < 1.29 is 4.79 Å². The molecule has 0 aromatic carbocycles. The number of carbonyl (C=O) groups is 1. The molecule has 2 N–H and O–H groups in total. The zero-order chi connectivity index (χ0) is 12.5. The first kappa shape index (κ1) is 11.5. The maximum absolute atomic E-state index is 12.4. The van der Waals surface area contributed by atoms with E-state index in [4.69, 9.17) is 5.73 Å². The van der Waals surface area contributed by atoms with Gasteiger partial charge in [0.15, 0.2) is 0 Å². The van der Waals surface area contributed by atoms with E-state index in [0.717, 1.165) is 25.3 Å². The normalized spacial score (nSPS) is 27.0. The van der Waals surface area contributed by atoms with Gasteiger partial charge in [-0.05, 0) is 37.3 Å². The summed E-state index contributed by atoms with van der Waals surface area (Å²) in [5.74, 6) is 0.792. The lowest BCUT2D eigenvalue weighted by Gasteiger charge is -2.31. The van der Waals surface area contributed by atoms with E-state index in [0.29, 0.717) is 17.4 Å². The highest BCUT2D eigenvalue weighted by Gasteiger charge is 2.38. The van der Waals surface area contributed by atoms with E-state index < -0.39 is 0 Å². The van der Waals surface area contributed by atoms with Crippen molar-refractivity contribution in [2.45, 2.75) is 38.1 Å². The first-order chi connectivity index (χ1) is 8.75. The number of nitrogen functional groups attached to an aromatic ring is 1. The van der Waals surface area contributed by atoms with E-state index in [1.54, 1.807) is 18.3 Å². The summed E-state index contributed by atoms with van der Waals surface area (Å²) in [5, 5.41) is 0. The molecule has 1 amide bonds. The Hall–Kier alpha value is -1.58. The van der Waals surface area contributed by atoms with Crippen LogP contribution in [0.15, 0.2) is 18.3 Å². The van der Waals surface area contributed by atoms with Crippen molar-refractivity contribution in [3.8, 4) is 0 Å².